The van der Waals surface area contributed by atoms with Gasteiger partial charge in [-0.2, -0.15) is 4.98 Å². The molecule has 30 heavy (non-hydrogen) atoms. The summed E-state index contributed by atoms with van der Waals surface area (Å²) in [6.07, 6.45) is 2.14. The van der Waals surface area contributed by atoms with Gasteiger partial charge in [-0.1, -0.05) is 60.5 Å². The molecule has 1 heterocycles. The van der Waals surface area contributed by atoms with Crippen LogP contribution in [0.1, 0.15) is 44.2 Å². The molecule has 158 valence electrons. The number of aryl methyl sites for hydroxylation is 2. The summed E-state index contributed by atoms with van der Waals surface area (Å²) in [5, 5.41) is 4.05. The molecule has 0 saturated carbocycles. The Hall–Kier alpha value is -3.15. The normalized spacial score (nSPS) is 11.0. The molecule has 0 unspecified atom stereocenters. The van der Waals surface area contributed by atoms with Crippen LogP contribution < -0.4 is 4.74 Å². The van der Waals surface area contributed by atoms with Crippen molar-refractivity contribution in [1.29, 1.82) is 0 Å². The summed E-state index contributed by atoms with van der Waals surface area (Å²) in [5.41, 5.74) is 3.31. The smallest absolute Gasteiger partial charge is 0.261 e. The van der Waals surface area contributed by atoms with Gasteiger partial charge in [0.05, 0.1) is 0 Å². The van der Waals surface area contributed by atoms with E-state index in [0.29, 0.717) is 17.5 Å². The Labute approximate surface area is 177 Å². The van der Waals surface area contributed by atoms with Crippen molar-refractivity contribution in [3.8, 4) is 17.1 Å². The van der Waals surface area contributed by atoms with Crippen LogP contribution in [0.15, 0.2) is 53.1 Å². The second-order valence-electron chi connectivity index (χ2n) is 7.68. The highest BCUT2D eigenvalue weighted by Gasteiger charge is 2.21. The molecule has 2 aromatic carbocycles. The predicted octanol–water partition coefficient (Wildman–Crippen LogP) is 4.81. The lowest BCUT2D eigenvalue weighted by molar-refractivity contribution is -0.136. The van der Waals surface area contributed by atoms with Crippen molar-refractivity contribution in [3.63, 3.8) is 0 Å². The van der Waals surface area contributed by atoms with Gasteiger partial charge in [0.2, 0.25) is 11.7 Å². The number of rotatable bonds is 9. The maximum atomic E-state index is 12.8. The second-order valence-corrected chi connectivity index (χ2v) is 7.68. The van der Waals surface area contributed by atoms with Crippen LogP contribution in [0.3, 0.4) is 0 Å². The average Bonchev–Trinajstić information content (AvgIpc) is 3.20. The minimum absolute atomic E-state index is 0.0252. The van der Waals surface area contributed by atoms with E-state index in [2.05, 4.69) is 17.1 Å². The Bertz CT molecular complexity index is 947. The van der Waals surface area contributed by atoms with Crippen molar-refractivity contribution < 1.29 is 14.1 Å². The Kier molecular flexibility index (Phi) is 7.22. The zero-order valence-electron chi connectivity index (χ0n) is 18.1. The summed E-state index contributed by atoms with van der Waals surface area (Å²) in [7, 11) is 0. The molecule has 0 atom stereocenters. The van der Waals surface area contributed by atoms with Gasteiger partial charge < -0.3 is 14.2 Å². The number of benzene rings is 2. The summed E-state index contributed by atoms with van der Waals surface area (Å²) < 4.78 is 11.1. The maximum Gasteiger partial charge on any atom is 0.261 e. The molecule has 6 nitrogen and oxygen atoms in total. The lowest BCUT2D eigenvalue weighted by Crippen LogP contribution is -2.39. The Balaban J connectivity index is 1.61. The van der Waals surface area contributed by atoms with Crippen LogP contribution in [0.4, 0.5) is 0 Å². The molecule has 0 aliphatic heterocycles. The Morgan fingerprint density at radius 2 is 1.80 bits per heavy atom. The Morgan fingerprint density at radius 1 is 1.10 bits per heavy atom. The molecule has 0 saturated heterocycles. The first kappa shape index (κ1) is 21.6. The quantitative estimate of drug-likeness (QED) is 0.509. The van der Waals surface area contributed by atoms with E-state index < -0.39 is 0 Å². The third kappa shape index (κ3) is 5.69. The van der Waals surface area contributed by atoms with Gasteiger partial charge in [-0.3, -0.25) is 4.79 Å². The highest BCUT2D eigenvalue weighted by Crippen LogP contribution is 2.18. The van der Waals surface area contributed by atoms with E-state index in [4.69, 9.17) is 9.26 Å². The summed E-state index contributed by atoms with van der Waals surface area (Å²) in [5.74, 6) is 1.48. The third-order valence-electron chi connectivity index (χ3n) is 4.85. The van der Waals surface area contributed by atoms with Gasteiger partial charge >= 0.3 is 0 Å². The highest BCUT2D eigenvalue weighted by atomic mass is 16.5. The molecule has 0 bridgehead atoms. The topological polar surface area (TPSA) is 68.5 Å². The largest absolute Gasteiger partial charge is 0.484 e. The van der Waals surface area contributed by atoms with Gasteiger partial charge in [0.15, 0.2) is 6.61 Å². The fourth-order valence-corrected chi connectivity index (χ4v) is 3.11. The van der Waals surface area contributed by atoms with Gasteiger partial charge in [-0.15, -0.1) is 0 Å². The summed E-state index contributed by atoms with van der Waals surface area (Å²) in [4.78, 5) is 18.9. The molecule has 1 aromatic heterocycles. The van der Waals surface area contributed by atoms with E-state index in [1.807, 2.05) is 69.3 Å². The first-order valence-electron chi connectivity index (χ1n) is 10.4. The number of nitrogens with zero attached hydrogens (tertiary/aromatic N) is 3. The standard InChI is InChI=1S/C24H29N3O3/c1-5-6-19-9-13-21(14-10-19)29-16-23(28)27(17(2)3)15-22-25-24(26-30-22)20-11-7-18(4)8-12-20/h7-14,17H,5-6,15-16H2,1-4H3. The SMILES string of the molecule is CCCc1ccc(OCC(=O)N(Cc2nc(-c3ccc(C)cc3)no2)C(C)C)cc1. The molecule has 6 heteroatoms. The monoisotopic (exact) mass is 407 g/mol. The van der Waals surface area contributed by atoms with Crippen LogP contribution in [0.5, 0.6) is 5.75 Å². The van der Waals surface area contributed by atoms with Crippen molar-refractivity contribution in [3.05, 3.63) is 65.5 Å². The molecule has 0 N–H and O–H groups in total. The number of ether oxygens (including phenoxy) is 1. The van der Waals surface area contributed by atoms with Gasteiger partial charge in [0.25, 0.3) is 5.91 Å². The molecule has 3 rings (SSSR count). The van der Waals surface area contributed by atoms with Gasteiger partial charge in [0, 0.05) is 11.6 Å². The average molecular weight is 408 g/mol. The van der Waals surface area contributed by atoms with Crippen molar-refractivity contribution in [2.75, 3.05) is 6.61 Å². The molecule has 0 fully saturated rings. The molecule has 1 amide bonds. The van der Waals surface area contributed by atoms with Crippen LogP contribution in [0.25, 0.3) is 11.4 Å². The minimum atomic E-state index is -0.127. The summed E-state index contributed by atoms with van der Waals surface area (Å²) in [6, 6.07) is 15.8. The third-order valence-corrected chi connectivity index (χ3v) is 4.85. The number of aromatic nitrogens is 2. The van der Waals surface area contributed by atoms with Crippen LogP contribution in [-0.2, 0) is 17.8 Å². The first-order valence-corrected chi connectivity index (χ1v) is 10.4. The molecule has 0 radical (unpaired) electrons. The zero-order chi connectivity index (χ0) is 21.5. The fraction of sp³-hybridized carbons (Fsp3) is 0.375. The van der Waals surface area contributed by atoms with E-state index in [9.17, 15) is 4.79 Å². The van der Waals surface area contributed by atoms with Crippen molar-refractivity contribution in [2.24, 2.45) is 0 Å². The molecular weight excluding hydrogens is 378 g/mol. The maximum absolute atomic E-state index is 12.8. The molecular formula is C24H29N3O3. The van der Waals surface area contributed by atoms with Crippen LogP contribution in [0, 0.1) is 6.92 Å². The summed E-state index contributed by atoms with van der Waals surface area (Å²) >= 11 is 0. The molecule has 0 aliphatic rings. The fourth-order valence-electron chi connectivity index (χ4n) is 3.11. The lowest BCUT2D eigenvalue weighted by Gasteiger charge is -2.25. The number of hydrogen-bond donors (Lipinski definition) is 0. The lowest BCUT2D eigenvalue weighted by atomic mass is 10.1. The van der Waals surface area contributed by atoms with Gasteiger partial charge in [-0.05, 0) is 44.9 Å². The summed E-state index contributed by atoms with van der Waals surface area (Å²) in [6.45, 7) is 8.29. The number of hydrogen-bond acceptors (Lipinski definition) is 5. The number of carbonyl (C=O) groups excluding carboxylic acids is 1. The van der Waals surface area contributed by atoms with Gasteiger partial charge in [-0.25, -0.2) is 0 Å². The van der Waals surface area contributed by atoms with E-state index in [1.165, 1.54) is 11.1 Å². The molecule has 0 aliphatic carbocycles. The number of amides is 1. The van der Waals surface area contributed by atoms with Gasteiger partial charge in [0.1, 0.15) is 12.3 Å². The number of carbonyl (C=O) groups is 1. The van der Waals surface area contributed by atoms with Crippen molar-refractivity contribution in [1.82, 2.24) is 15.0 Å². The molecule has 0 spiro atoms. The Morgan fingerprint density at radius 3 is 2.43 bits per heavy atom. The van der Waals surface area contributed by atoms with Crippen LogP contribution in [-0.4, -0.2) is 33.6 Å². The van der Waals surface area contributed by atoms with Crippen LogP contribution in [0.2, 0.25) is 0 Å². The second kappa shape index (κ2) is 10.1. The first-order chi connectivity index (χ1) is 14.5. The van der Waals surface area contributed by atoms with E-state index in [0.717, 1.165) is 18.4 Å². The zero-order valence-corrected chi connectivity index (χ0v) is 18.1. The predicted molar refractivity (Wildman–Crippen MR) is 116 cm³/mol. The minimum Gasteiger partial charge on any atom is -0.484 e. The van der Waals surface area contributed by atoms with Crippen molar-refractivity contribution in [2.45, 2.75) is 53.1 Å². The van der Waals surface area contributed by atoms with Crippen LogP contribution >= 0.6 is 0 Å². The van der Waals surface area contributed by atoms with E-state index >= 15 is 0 Å². The van der Waals surface area contributed by atoms with Crippen molar-refractivity contribution >= 4 is 5.91 Å². The van der Waals surface area contributed by atoms with E-state index in [-0.39, 0.29) is 25.1 Å². The van der Waals surface area contributed by atoms with E-state index in [1.54, 1.807) is 4.90 Å². The molecule has 3 aromatic rings. The highest BCUT2D eigenvalue weighted by molar-refractivity contribution is 5.78.